The fourth-order valence-electron chi connectivity index (χ4n) is 9.56. The fourth-order valence-corrected chi connectivity index (χ4v) is 9.56. The van der Waals surface area contributed by atoms with Gasteiger partial charge in [-0.05, 0) is 122 Å². The Morgan fingerprint density at radius 3 is 1.80 bits per heavy atom. The van der Waals surface area contributed by atoms with Gasteiger partial charge in [0, 0.05) is 27.9 Å². The standard InChI is InChI=1S/C49H47N/c1-48(2)43-21-13-12-19-40(43)41-29-25-35(31-45(41)48)39-20-14-22-44-47(39)42-30-28-38(32-46(42)49(44,3)4)50(36-17-10-7-11-18-36)37-26-23-34(24-27-37)33-15-8-5-6-9-16-33/h7,10-14,17-33H,5-6,8-9,15-16H2,1-4H3. The lowest BCUT2D eigenvalue weighted by molar-refractivity contribution is 0.592. The summed E-state index contributed by atoms with van der Waals surface area (Å²) in [6.45, 7) is 9.56. The van der Waals surface area contributed by atoms with E-state index in [1.54, 1.807) is 0 Å². The quantitative estimate of drug-likeness (QED) is 0.168. The van der Waals surface area contributed by atoms with Gasteiger partial charge in [-0.25, -0.2) is 0 Å². The molecule has 1 heteroatoms. The van der Waals surface area contributed by atoms with Crippen molar-refractivity contribution in [2.24, 2.45) is 0 Å². The molecule has 0 spiro atoms. The number of anilines is 3. The summed E-state index contributed by atoms with van der Waals surface area (Å²) in [7, 11) is 0. The van der Waals surface area contributed by atoms with E-state index in [-0.39, 0.29) is 10.8 Å². The molecule has 1 nitrogen and oxygen atoms in total. The third-order valence-corrected chi connectivity index (χ3v) is 12.3. The van der Waals surface area contributed by atoms with Crippen molar-refractivity contribution in [3.05, 3.63) is 161 Å². The molecule has 6 aromatic carbocycles. The summed E-state index contributed by atoms with van der Waals surface area (Å²) in [4.78, 5) is 2.44. The van der Waals surface area contributed by atoms with E-state index >= 15 is 0 Å². The molecule has 6 aromatic rings. The molecule has 1 fully saturated rings. The van der Waals surface area contributed by atoms with Gasteiger partial charge in [-0.3, -0.25) is 0 Å². The molecule has 0 amide bonds. The second-order valence-electron chi connectivity index (χ2n) is 16.0. The maximum Gasteiger partial charge on any atom is 0.0465 e. The summed E-state index contributed by atoms with van der Waals surface area (Å²) in [6, 6.07) is 50.7. The second kappa shape index (κ2) is 11.9. The SMILES string of the molecule is CC1(C)c2ccccc2-c2ccc(-c3cccc4c3-c3ccc(N(c5ccccc5)c5ccc(C6CCCCCC6)cc5)cc3C4(C)C)cc21. The van der Waals surface area contributed by atoms with Crippen LogP contribution in [0.15, 0.2) is 133 Å². The van der Waals surface area contributed by atoms with E-state index in [0.717, 1.165) is 0 Å². The maximum atomic E-state index is 2.47. The first-order valence-corrected chi connectivity index (χ1v) is 18.8. The smallest absolute Gasteiger partial charge is 0.0465 e. The number of fused-ring (bicyclic) bond motifs is 6. The van der Waals surface area contributed by atoms with Gasteiger partial charge in [0.25, 0.3) is 0 Å². The number of hydrogen-bond donors (Lipinski definition) is 0. The molecule has 0 N–H and O–H groups in total. The van der Waals surface area contributed by atoms with Crippen LogP contribution in [-0.2, 0) is 10.8 Å². The summed E-state index contributed by atoms with van der Waals surface area (Å²) >= 11 is 0. The van der Waals surface area contributed by atoms with Crippen LogP contribution in [0.1, 0.15) is 100.0 Å². The van der Waals surface area contributed by atoms with Crippen molar-refractivity contribution in [1.82, 2.24) is 0 Å². The number of benzene rings is 6. The molecule has 0 aromatic heterocycles. The van der Waals surface area contributed by atoms with Gasteiger partial charge in [-0.15, -0.1) is 0 Å². The second-order valence-corrected chi connectivity index (χ2v) is 16.0. The molecule has 248 valence electrons. The first kappa shape index (κ1) is 31.1. The molecule has 0 radical (unpaired) electrons. The average Bonchev–Trinajstić information content (AvgIpc) is 3.34. The Balaban J connectivity index is 1.13. The van der Waals surface area contributed by atoms with E-state index < -0.39 is 0 Å². The van der Waals surface area contributed by atoms with Crippen LogP contribution in [0.3, 0.4) is 0 Å². The van der Waals surface area contributed by atoms with E-state index in [2.05, 4.69) is 166 Å². The molecule has 0 unspecified atom stereocenters. The van der Waals surface area contributed by atoms with E-state index in [4.69, 9.17) is 0 Å². The molecule has 0 saturated heterocycles. The molecular formula is C49H47N. The van der Waals surface area contributed by atoms with Gasteiger partial charge in [0.15, 0.2) is 0 Å². The van der Waals surface area contributed by atoms with Crippen LogP contribution in [0.4, 0.5) is 17.1 Å². The molecule has 3 aliphatic carbocycles. The van der Waals surface area contributed by atoms with Crippen molar-refractivity contribution >= 4 is 17.1 Å². The van der Waals surface area contributed by atoms with Crippen molar-refractivity contribution < 1.29 is 0 Å². The van der Waals surface area contributed by atoms with Crippen molar-refractivity contribution in [2.75, 3.05) is 4.90 Å². The van der Waals surface area contributed by atoms with Crippen LogP contribution in [0.25, 0.3) is 33.4 Å². The van der Waals surface area contributed by atoms with Gasteiger partial charge >= 0.3 is 0 Å². The summed E-state index contributed by atoms with van der Waals surface area (Å²) < 4.78 is 0. The lowest BCUT2D eigenvalue weighted by atomic mass is 9.80. The van der Waals surface area contributed by atoms with Gasteiger partial charge in [-0.1, -0.05) is 144 Å². The van der Waals surface area contributed by atoms with Crippen molar-refractivity contribution in [3.63, 3.8) is 0 Å². The molecule has 0 heterocycles. The molecular weight excluding hydrogens is 603 g/mol. The van der Waals surface area contributed by atoms with Crippen LogP contribution in [-0.4, -0.2) is 0 Å². The Kier molecular flexibility index (Phi) is 7.39. The van der Waals surface area contributed by atoms with Gasteiger partial charge in [0.05, 0.1) is 0 Å². The summed E-state index contributed by atoms with van der Waals surface area (Å²) in [5, 5.41) is 0. The third-order valence-electron chi connectivity index (χ3n) is 12.3. The third kappa shape index (κ3) is 4.89. The fraction of sp³-hybridized carbons (Fsp3) is 0.265. The molecule has 1 saturated carbocycles. The summed E-state index contributed by atoms with van der Waals surface area (Å²) in [6.07, 6.45) is 8.13. The lowest BCUT2D eigenvalue weighted by Gasteiger charge is -2.28. The number of nitrogens with zero attached hydrogens (tertiary/aromatic N) is 1. The Hall–Kier alpha value is -4.88. The van der Waals surface area contributed by atoms with E-state index in [1.807, 2.05) is 0 Å². The van der Waals surface area contributed by atoms with Gasteiger partial charge < -0.3 is 4.90 Å². The highest BCUT2D eigenvalue weighted by Gasteiger charge is 2.39. The minimum atomic E-state index is -0.130. The van der Waals surface area contributed by atoms with Crippen molar-refractivity contribution in [3.8, 4) is 33.4 Å². The van der Waals surface area contributed by atoms with E-state index in [0.29, 0.717) is 5.92 Å². The maximum absolute atomic E-state index is 2.47. The highest BCUT2D eigenvalue weighted by atomic mass is 15.1. The molecule has 0 aliphatic heterocycles. The molecule has 0 bridgehead atoms. The van der Waals surface area contributed by atoms with Crippen LogP contribution in [0.5, 0.6) is 0 Å². The predicted octanol–water partition coefficient (Wildman–Crippen LogP) is 13.9. The van der Waals surface area contributed by atoms with E-state index in [9.17, 15) is 0 Å². The normalized spacial score (nSPS) is 17.0. The molecule has 3 aliphatic rings. The van der Waals surface area contributed by atoms with Crippen LogP contribution >= 0.6 is 0 Å². The highest BCUT2D eigenvalue weighted by Crippen LogP contribution is 2.55. The number of rotatable bonds is 5. The zero-order chi connectivity index (χ0) is 34.0. The largest absolute Gasteiger partial charge is 0.310 e. The van der Waals surface area contributed by atoms with Gasteiger partial charge in [0.1, 0.15) is 0 Å². The minimum absolute atomic E-state index is 0.0270. The Labute approximate surface area is 298 Å². The molecule has 50 heavy (non-hydrogen) atoms. The highest BCUT2D eigenvalue weighted by molar-refractivity contribution is 5.95. The minimum Gasteiger partial charge on any atom is -0.310 e. The Morgan fingerprint density at radius 2 is 1.02 bits per heavy atom. The van der Waals surface area contributed by atoms with Gasteiger partial charge in [0.2, 0.25) is 0 Å². The van der Waals surface area contributed by atoms with E-state index in [1.165, 1.54) is 117 Å². The molecule has 9 rings (SSSR count). The monoisotopic (exact) mass is 649 g/mol. The van der Waals surface area contributed by atoms with Crippen LogP contribution < -0.4 is 4.90 Å². The van der Waals surface area contributed by atoms with Crippen molar-refractivity contribution in [2.45, 2.75) is 83.0 Å². The first-order chi connectivity index (χ1) is 24.3. The molecule has 0 atom stereocenters. The summed E-state index contributed by atoms with van der Waals surface area (Å²) in [5.74, 6) is 0.692. The number of hydrogen-bond acceptors (Lipinski definition) is 1. The topological polar surface area (TPSA) is 3.24 Å². The van der Waals surface area contributed by atoms with Gasteiger partial charge in [-0.2, -0.15) is 0 Å². The average molecular weight is 650 g/mol. The van der Waals surface area contributed by atoms with Crippen molar-refractivity contribution in [1.29, 1.82) is 0 Å². The zero-order valence-corrected chi connectivity index (χ0v) is 30.0. The first-order valence-electron chi connectivity index (χ1n) is 18.8. The van der Waals surface area contributed by atoms with Crippen LogP contribution in [0, 0.1) is 0 Å². The predicted molar refractivity (Wildman–Crippen MR) is 212 cm³/mol. The lowest BCUT2D eigenvalue weighted by Crippen LogP contribution is -2.16. The number of para-hydroxylation sites is 1. The Bertz CT molecular complexity index is 2210. The summed E-state index contributed by atoms with van der Waals surface area (Å²) in [5.41, 5.74) is 18.7. The van der Waals surface area contributed by atoms with Crippen LogP contribution in [0.2, 0.25) is 0 Å². The Morgan fingerprint density at radius 1 is 0.440 bits per heavy atom. The zero-order valence-electron chi connectivity index (χ0n) is 30.0.